The Morgan fingerprint density at radius 2 is 1.88 bits per heavy atom. The average molecular weight is 332 g/mol. The molecule has 1 N–H and O–H groups in total. The van der Waals surface area contributed by atoms with E-state index in [1.807, 2.05) is 25.1 Å². The van der Waals surface area contributed by atoms with E-state index in [-0.39, 0.29) is 5.91 Å². The summed E-state index contributed by atoms with van der Waals surface area (Å²) in [6, 6.07) is 19.9. The normalized spacial score (nSPS) is 12.9. The number of carbonyl (C=O) groups excluding carboxylic acids is 1. The zero-order chi connectivity index (χ0) is 17.2. The van der Waals surface area contributed by atoms with Crippen molar-refractivity contribution in [3.8, 4) is 0 Å². The molecule has 2 heterocycles. The molecule has 3 aromatic rings. The molecule has 25 heavy (non-hydrogen) atoms. The highest BCUT2D eigenvalue weighted by Crippen LogP contribution is 2.30. The lowest BCUT2D eigenvalue weighted by molar-refractivity contribution is 0.0995. The summed E-state index contributed by atoms with van der Waals surface area (Å²) in [4.78, 5) is 14.8. The molecule has 2 aromatic carbocycles. The second-order valence-corrected chi connectivity index (χ2v) is 6.32. The molecule has 0 bridgehead atoms. The minimum atomic E-state index is -0.220. The number of fused-ring (bicyclic) bond motifs is 1. The predicted molar refractivity (Wildman–Crippen MR) is 99.0 cm³/mol. The number of benzene rings is 2. The van der Waals surface area contributed by atoms with Crippen LogP contribution in [0.4, 0.5) is 11.4 Å². The van der Waals surface area contributed by atoms with Gasteiger partial charge in [0.2, 0.25) is 0 Å². The number of nitrogens with zero attached hydrogens (tertiary/aromatic N) is 1. The summed E-state index contributed by atoms with van der Waals surface area (Å²) in [6.45, 7) is 3.60. The maximum atomic E-state index is 12.4. The lowest BCUT2D eigenvalue weighted by atomic mass is 10.1. The van der Waals surface area contributed by atoms with Gasteiger partial charge in [0.15, 0.2) is 5.76 Å². The molecule has 0 radical (unpaired) electrons. The first kappa shape index (κ1) is 15.5. The zero-order valence-electron chi connectivity index (χ0n) is 14.2. The second kappa shape index (κ2) is 6.48. The quantitative estimate of drug-likeness (QED) is 0.770. The van der Waals surface area contributed by atoms with Gasteiger partial charge in [0.25, 0.3) is 5.91 Å². The molecule has 1 aliphatic rings. The molecule has 0 unspecified atom stereocenters. The first-order valence-corrected chi connectivity index (χ1v) is 8.49. The summed E-state index contributed by atoms with van der Waals surface area (Å²) < 4.78 is 5.41. The van der Waals surface area contributed by atoms with Crippen molar-refractivity contribution in [3.63, 3.8) is 0 Å². The molecule has 0 saturated carbocycles. The van der Waals surface area contributed by atoms with Crippen molar-refractivity contribution in [2.24, 2.45) is 0 Å². The highest BCUT2D eigenvalue weighted by Gasteiger charge is 2.20. The van der Waals surface area contributed by atoms with E-state index in [4.69, 9.17) is 4.42 Å². The summed E-state index contributed by atoms with van der Waals surface area (Å²) in [7, 11) is 0. The first-order chi connectivity index (χ1) is 12.2. The van der Waals surface area contributed by atoms with Crippen molar-refractivity contribution in [1.82, 2.24) is 0 Å². The Bertz CT molecular complexity index is 914. The van der Waals surface area contributed by atoms with Crippen LogP contribution in [0.15, 0.2) is 65.1 Å². The number of nitrogens with one attached hydrogen (secondary N) is 1. The Kier molecular flexibility index (Phi) is 4.02. The van der Waals surface area contributed by atoms with Crippen LogP contribution in [0.2, 0.25) is 0 Å². The van der Waals surface area contributed by atoms with Gasteiger partial charge < -0.3 is 14.6 Å². The van der Waals surface area contributed by atoms with Gasteiger partial charge in [0.1, 0.15) is 5.76 Å². The summed E-state index contributed by atoms with van der Waals surface area (Å²) in [5.41, 5.74) is 4.59. The average Bonchev–Trinajstić information content (AvgIpc) is 3.23. The molecule has 0 fully saturated rings. The molecular formula is C21H20N2O2. The number of amides is 1. The minimum absolute atomic E-state index is 0.220. The van der Waals surface area contributed by atoms with Crippen LogP contribution in [-0.4, -0.2) is 12.5 Å². The largest absolute Gasteiger partial charge is 0.456 e. The molecule has 4 heteroatoms. The van der Waals surface area contributed by atoms with Gasteiger partial charge in [-0.15, -0.1) is 0 Å². The fourth-order valence-corrected chi connectivity index (χ4v) is 3.30. The van der Waals surface area contributed by atoms with Gasteiger partial charge in [0, 0.05) is 24.5 Å². The summed E-state index contributed by atoms with van der Waals surface area (Å²) in [5.74, 6) is 0.841. The summed E-state index contributed by atoms with van der Waals surface area (Å²) in [6.07, 6.45) is 1.07. The highest BCUT2D eigenvalue weighted by molar-refractivity contribution is 6.02. The Balaban J connectivity index is 1.55. The smallest absolute Gasteiger partial charge is 0.291 e. The second-order valence-electron chi connectivity index (χ2n) is 6.32. The topological polar surface area (TPSA) is 45.5 Å². The van der Waals surface area contributed by atoms with Crippen LogP contribution in [0.5, 0.6) is 0 Å². The van der Waals surface area contributed by atoms with Crippen molar-refractivity contribution in [2.75, 3.05) is 16.8 Å². The molecule has 1 amide bonds. The van der Waals surface area contributed by atoms with Gasteiger partial charge in [-0.1, -0.05) is 36.4 Å². The molecule has 4 rings (SSSR count). The van der Waals surface area contributed by atoms with Crippen molar-refractivity contribution < 1.29 is 9.21 Å². The van der Waals surface area contributed by atoms with E-state index < -0.39 is 0 Å². The van der Waals surface area contributed by atoms with E-state index in [0.29, 0.717) is 5.76 Å². The Labute approximate surface area is 147 Å². The van der Waals surface area contributed by atoms with E-state index >= 15 is 0 Å². The van der Waals surface area contributed by atoms with E-state index in [0.717, 1.165) is 36.5 Å². The van der Waals surface area contributed by atoms with Gasteiger partial charge in [-0.3, -0.25) is 4.79 Å². The fraction of sp³-hybridized carbons (Fsp3) is 0.190. The number of aryl methyl sites for hydroxylation is 1. The van der Waals surface area contributed by atoms with Gasteiger partial charge in [-0.05, 0) is 48.7 Å². The van der Waals surface area contributed by atoms with Gasteiger partial charge in [0.05, 0.1) is 0 Å². The first-order valence-electron chi connectivity index (χ1n) is 8.49. The number of rotatable bonds is 4. The Morgan fingerprint density at radius 1 is 1.08 bits per heavy atom. The van der Waals surface area contributed by atoms with Crippen LogP contribution >= 0.6 is 0 Å². The maximum Gasteiger partial charge on any atom is 0.291 e. The van der Waals surface area contributed by atoms with Crippen molar-refractivity contribution in [1.29, 1.82) is 0 Å². The van der Waals surface area contributed by atoms with Crippen LogP contribution in [0, 0.1) is 6.92 Å². The molecule has 0 saturated heterocycles. The predicted octanol–water partition coefficient (Wildman–Crippen LogP) is 4.40. The van der Waals surface area contributed by atoms with E-state index in [1.54, 1.807) is 12.1 Å². The molecule has 0 atom stereocenters. The van der Waals surface area contributed by atoms with Gasteiger partial charge in [-0.25, -0.2) is 0 Å². The van der Waals surface area contributed by atoms with Crippen LogP contribution < -0.4 is 10.2 Å². The fourth-order valence-electron chi connectivity index (χ4n) is 3.30. The molecule has 0 spiro atoms. The van der Waals surface area contributed by atoms with Crippen LogP contribution in [0.25, 0.3) is 0 Å². The van der Waals surface area contributed by atoms with Crippen molar-refractivity contribution in [2.45, 2.75) is 19.9 Å². The molecule has 126 valence electrons. The van der Waals surface area contributed by atoms with Crippen LogP contribution in [-0.2, 0) is 13.0 Å². The minimum Gasteiger partial charge on any atom is -0.456 e. The lowest BCUT2D eigenvalue weighted by Gasteiger charge is -2.21. The Hall–Kier alpha value is -3.01. The third-order valence-electron chi connectivity index (χ3n) is 4.57. The molecular weight excluding hydrogens is 312 g/mol. The number of hydrogen-bond donors (Lipinski definition) is 1. The van der Waals surface area contributed by atoms with E-state index in [9.17, 15) is 4.79 Å². The third-order valence-corrected chi connectivity index (χ3v) is 4.57. The molecule has 0 aliphatic carbocycles. The van der Waals surface area contributed by atoms with Gasteiger partial charge in [-0.2, -0.15) is 0 Å². The number of hydrogen-bond acceptors (Lipinski definition) is 3. The van der Waals surface area contributed by atoms with E-state index in [2.05, 4.69) is 40.5 Å². The third kappa shape index (κ3) is 3.15. The summed E-state index contributed by atoms with van der Waals surface area (Å²) in [5, 5.41) is 2.98. The lowest BCUT2D eigenvalue weighted by Crippen LogP contribution is -2.21. The molecule has 4 nitrogen and oxygen atoms in total. The maximum absolute atomic E-state index is 12.4. The molecule has 1 aromatic heterocycles. The Morgan fingerprint density at radius 3 is 2.72 bits per heavy atom. The van der Waals surface area contributed by atoms with Gasteiger partial charge >= 0.3 is 0 Å². The van der Waals surface area contributed by atoms with Crippen LogP contribution in [0.1, 0.15) is 27.4 Å². The van der Waals surface area contributed by atoms with Crippen molar-refractivity contribution in [3.05, 3.63) is 83.3 Å². The van der Waals surface area contributed by atoms with E-state index in [1.165, 1.54) is 11.3 Å². The highest BCUT2D eigenvalue weighted by atomic mass is 16.3. The number of furan rings is 1. The number of anilines is 2. The zero-order valence-corrected chi connectivity index (χ0v) is 14.2. The van der Waals surface area contributed by atoms with Crippen molar-refractivity contribution >= 4 is 17.3 Å². The van der Waals surface area contributed by atoms with Crippen LogP contribution in [0.3, 0.4) is 0 Å². The summed E-state index contributed by atoms with van der Waals surface area (Å²) >= 11 is 0. The number of para-hydroxylation sites is 2. The SMILES string of the molecule is Cc1ccc(C(=O)Nc2ccccc2CN2CCc3ccccc32)o1. The monoisotopic (exact) mass is 332 g/mol. The number of carbonyl (C=O) groups is 1. The molecule has 1 aliphatic heterocycles. The standard InChI is InChI=1S/C21H20N2O2/c1-15-10-11-20(25-15)21(24)22-18-8-4-2-7-17(18)14-23-13-12-16-6-3-5-9-19(16)23/h2-11H,12-14H2,1H3,(H,22,24).